The highest BCUT2D eigenvalue weighted by atomic mass is 35.5. The highest BCUT2D eigenvalue weighted by Crippen LogP contribution is 2.11. The van der Waals surface area contributed by atoms with E-state index in [1.165, 1.54) is 13.1 Å². The molecular weight excluding hydrogens is 236 g/mol. The van der Waals surface area contributed by atoms with Gasteiger partial charge < -0.3 is 10.2 Å². The third kappa shape index (κ3) is 4.15. The summed E-state index contributed by atoms with van der Waals surface area (Å²) < 4.78 is 0. The van der Waals surface area contributed by atoms with Crippen LogP contribution in [0, 0.1) is 0 Å². The van der Waals surface area contributed by atoms with E-state index >= 15 is 0 Å². The Labute approximate surface area is 108 Å². The molecule has 0 bridgehead atoms. The predicted octanol–water partition coefficient (Wildman–Crippen LogP) is 1.39. The summed E-state index contributed by atoms with van der Waals surface area (Å²) in [7, 11) is 2.18. The van der Waals surface area contributed by atoms with E-state index in [0.717, 1.165) is 31.9 Å². The number of rotatable bonds is 4. The minimum atomic E-state index is 0.537. The van der Waals surface area contributed by atoms with Crippen molar-refractivity contribution in [1.29, 1.82) is 0 Å². The average molecular weight is 255 g/mol. The van der Waals surface area contributed by atoms with Gasteiger partial charge in [0.05, 0.1) is 0 Å². The minimum absolute atomic E-state index is 0.537. The van der Waals surface area contributed by atoms with Crippen molar-refractivity contribution in [1.82, 2.24) is 14.8 Å². The Kier molecular flexibility index (Phi) is 4.59. The summed E-state index contributed by atoms with van der Waals surface area (Å²) in [5.74, 6) is 0. The van der Waals surface area contributed by atoms with Crippen LogP contribution in [-0.4, -0.2) is 61.1 Å². The van der Waals surface area contributed by atoms with Crippen LogP contribution in [-0.2, 0) is 0 Å². The van der Waals surface area contributed by atoms with E-state index < -0.39 is 0 Å². The molecule has 1 aromatic rings. The second-order valence-corrected chi connectivity index (χ2v) is 4.83. The quantitative estimate of drug-likeness (QED) is 0.823. The van der Waals surface area contributed by atoms with Crippen LogP contribution in [0.4, 0.5) is 5.69 Å². The molecule has 1 aromatic heterocycles. The van der Waals surface area contributed by atoms with Crippen molar-refractivity contribution in [3.63, 3.8) is 0 Å². The van der Waals surface area contributed by atoms with Gasteiger partial charge in [0.25, 0.3) is 0 Å². The number of nitrogens with one attached hydrogen (secondary N) is 1. The lowest BCUT2D eigenvalue weighted by Gasteiger charge is -2.32. The molecular formula is C12H19ClN4. The Balaban J connectivity index is 1.69. The van der Waals surface area contributed by atoms with Gasteiger partial charge in [0.1, 0.15) is 5.15 Å². The molecule has 17 heavy (non-hydrogen) atoms. The number of hydrogen-bond donors (Lipinski definition) is 1. The lowest BCUT2D eigenvalue weighted by Crippen LogP contribution is -2.45. The Morgan fingerprint density at radius 3 is 2.82 bits per heavy atom. The number of nitrogens with zero attached hydrogens (tertiary/aromatic N) is 3. The summed E-state index contributed by atoms with van der Waals surface area (Å²) in [4.78, 5) is 8.81. The average Bonchev–Trinajstić information content (AvgIpc) is 2.32. The summed E-state index contributed by atoms with van der Waals surface area (Å²) in [6.45, 7) is 6.69. The topological polar surface area (TPSA) is 31.4 Å². The monoisotopic (exact) mass is 254 g/mol. The Morgan fingerprint density at radius 2 is 2.12 bits per heavy atom. The smallest absolute Gasteiger partial charge is 0.131 e. The molecule has 0 radical (unpaired) electrons. The molecule has 0 aromatic carbocycles. The number of likely N-dealkylation sites (N-methyl/N-ethyl adjacent to an activating group) is 1. The largest absolute Gasteiger partial charge is 0.384 e. The standard InChI is InChI=1S/C12H19ClN4/c1-16-6-8-17(9-7-16)5-4-14-11-2-3-15-12(13)10-11/h2-3,10H,4-9H2,1H3,(H,14,15). The van der Waals surface area contributed by atoms with Crippen LogP contribution in [0.5, 0.6) is 0 Å². The van der Waals surface area contributed by atoms with Crippen LogP contribution in [0.1, 0.15) is 0 Å². The number of aromatic nitrogens is 1. The number of halogens is 1. The van der Waals surface area contributed by atoms with Gasteiger partial charge >= 0.3 is 0 Å². The van der Waals surface area contributed by atoms with Gasteiger partial charge in [0.2, 0.25) is 0 Å². The Hall–Kier alpha value is -0.840. The van der Waals surface area contributed by atoms with E-state index in [2.05, 4.69) is 27.1 Å². The molecule has 94 valence electrons. The van der Waals surface area contributed by atoms with E-state index in [9.17, 15) is 0 Å². The van der Waals surface area contributed by atoms with Crippen LogP contribution < -0.4 is 5.32 Å². The molecule has 0 saturated carbocycles. The summed E-state index contributed by atoms with van der Waals surface area (Å²) in [5, 5.41) is 3.90. The van der Waals surface area contributed by atoms with Gasteiger partial charge in [-0.25, -0.2) is 4.98 Å². The summed E-state index contributed by atoms with van der Waals surface area (Å²) >= 11 is 5.82. The van der Waals surface area contributed by atoms with Crippen molar-refractivity contribution >= 4 is 17.3 Å². The molecule has 1 aliphatic heterocycles. The van der Waals surface area contributed by atoms with Gasteiger partial charge in [0.15, 0.2) is 0 Å². The first-order chi connectivity index (χ1) is 8.24. The lowest BCUT2D eigenvalue weighted by molar-refractivity contribution is 0.158. The summed E-state index contributed by atoms with van der Waals surface area (Å²) in [6.07, 6.45) is 1.72. The molecule has 0 unspecified atom stereocenters. The molecule has 4 nitrogen and oxygen atoms in total. The highest BCUT2D eigenvalue weighted by molar-refractivity contribution is 6.29. The maximum atomic E-state index is 5.82. The van der Waals surface area contributed by atoms with Crippen molar-refractivity contribution < 1.29 is 0 Å². The molecule has 0 amide bonds. The minimum Gasteiger partial charge on any atom is -0.384 e. The SMILES string of the molecule is CN1CCN(CCNc2ccnc(Cl)c2)CC1. The van der Waals surface area contributed by atoms with Gasteiger partial charge in [-0.15, -0.1) is 0 Å². The molecule has 2 rings (SSSR count). The van der Waals surface area contributed by atoms with E-state index in [1.807, 2.05) is 12.1 Å². The molecule has 2 heterocycles. The van der Waals surface area contributed by atoms with E-state index in [1.54, 1.807) is 6.20 Å². The molecule has 0 aliphatic carbocycles. The first-order valence-corrected chi connectivity index (χ1v) is 6.38. The van der Waals surface area contributed by atoms with E-state index in [0.29, 0.717) is 5.15 Å². The number of hydrogen-bond acceptors (Lipinski definition) is 4. The lowest BCUT2D eigenvalue weighted by atomic mass is 10.3. The summed E-state index contributed by atoms with van der Waals surface area (Å²) in [6, 6.07) is 3.79. The van der Waals surface area contributed by atoms with Crippen molar-refractivity contribution in [3.05, 3.63) is 23.5 Å². The predicted molar refractivity (Wildman–Crippen MR) is 71.7 cm³/mol. The molecule has 0 atom stereocenters. The zero-order valence-electron chi connectivity index (χ0n) is 10.2. The van der Waals surface area contributed by atoms with Crippen LogP contribution in [0.25, 0.3) is 0 Å². The molecule has 1 saturated heterocycles. The van der Waals surface area contributed by atoms with Gasteiger partial charge in [-0.05, 0) is 19.2 Å². The second-order valence-electron chi connectivity index (χ2n) is 4.44. The molecule has 1 fully saturated rings. The van der Waals surface area contributed by atoms with Crippen LogP contribution in [0.3, 0.4) is 0 Å². The second kappa shape index (κ2) is 6.19. The first-order valence-electron chi connectivity index (χ1n) is 6.00. The zero-order valence-corrected chi connectivity index (χ0v) is 11.0. The van der Waals surface area contributed by atoms with Gasteiger partial charge in [-0.2, -0.15) is 0 Å². The fraction of sp³-hybridized carbons (Fsp3) is 0.583. The van der Waals surface area contributed by atoms with Crippen molar-refractivity contribution in [3.8, 4) is 0 Å². The maximum Gasteiger partial charge on any atom is 0.131 e. The molecule has 0 spiro atoms. The number of anilines is 1. The first kappa shape index (κ1) is 12.6. The van der Waals surface area contributed by atoms with Crippen molar-refractivity contribution in [2.45, 2.75) is 0 Å². The molecule has 1 aliphatic rings. The van der Waals surface area contributed by atoms with Crippen LogP contribution in [0.15, 0.2) is 18.3 Å². The summed E-state index contributed by atoms with van der Waals surface area (Å²) in [5.41, 5.74) is 1.04. The zero-order chi connectivity index (χ0) is 12.1. The third-order valence-electron chi connectivity index (χ3n) is 3.08. The van der Waals surface area contributed by atoms with Gasteiger partial charge in [0, 0.05) is 51.2 Å². The highest BCUT2D eigenvalue weighted by Gasteiger charge is 2.12. The number of piperazine rings is 1. The maximum absolute atomic E-state index is 5.82. The van der Waals surface area contributed by atoms with E-state index in [-0.39, 0.29) is 0 Å². The fourth-order valence-corrected chi connectivity index (χ4v) is 2.12. The fourth-order valence-electron chi connectivity index (χ4n) is 1.94. The van der Waals surface area contributed by atoms with Crippen LogP contribution in [0.2, 0.25) is 5.15 Å². The van der Waals surface area contributed by atoms with Gasteiger partial charge in [-0.1, -0.05) is 11.6 Å². The Morgan fingerprint density at radius 1 is 1.35 bits per heavy atom. The van der Waals surface area contributed by atoms with Gasteiger partial charge in [-0.3, -0.25) is 4.90 Å². The number of pyridine rings is 1. The normalized spacial score (nSPS) is 18.2. The molecule has 1 N–H and O–H groups in total. The third-order valence-corrected chi connectivity index (χ3v) is 3.29. The van der Waals surface area contributed by atoms with Crippen molar-refractivity contribution in [2.75, 3.05) is 51.6 Å². The van der Waals surface area contributed by atoms with Crippen LogP contribution >= 0.6 is 11.6 Å². The van der Waals surface area contributed by atoms with E-state index in [4.69, 9.17) is 11.6 Å². The Bertz CT molecular complexity index is 350. The van der Waals surface area contributed by atoms with Crippen molar-refractivity contribution in [2.24, 2.45) is 0 Å². The molecule has 5 heteroatoms.